The lowest BCUT2D eigenvalue weighted by Crippen LogP contribution is -2.06. The molecule has 2 aromatic rings. The van der Waals surface area contributed by atoms with Crippen LogP contribution >= 0.6 is 27.5 Å². The Morgan fingerprint density at radius 1 is 1.24 bits per heavy atom. The molecule has 0 aromatic heterocycles. The van der Waals surface area contributed by atoms with Crippen molar-refractivity contribution in [3.8, 4) is 5.75 Å². The van der Waals surface area contributed by atoms with Crippen LogP contribution in [0.1, 0.15) is 17.2 Å². The second kappa shape index (κ2) is 6.73. The van der Waals surface area contributed by atoms with Crippen molar-refractivity contribution in [1.29, 1.82) is 0 Å². The van der Waals surface area contributed by atoms with E-state index in [2.05, 4.69) is 15.9 Å². The molecule has 0 spiro atoms. The molecule has 2 rings (SSSR count). The molecule has 0 amide bonds. The molecule has 21 heavy (non-hydrogen) atoms. The number of aliphatic hydroxyl groups is 1. The number of methoxy groups -OCH3 is 1. The van der Waals surface area contributed by atoms with E-state index in [9.17, 15) is 13.9 Å². The van der Waals surface area contributed by atoms with Gasteiger partial charge in [0.15, 0.2) is 0 Å². The van der Waals surface area contributed by atoms with Crippen LogP contribution in [0.25, 0.3) is 0 Å². The molecule has 1 atom stereocenters. The molecule has 0 aliphatic heterocycles. The molecule has 0 heterocycles. The van der Waals surface area contributed by atoms with Crippen LogP contribution in [0.2, 0.25) is 5.02 Å². The summed E-state index contributed by atoms with van der Waals surface area (Å²) in [5, 5.41) is 9.83. The van der Waals surface area contributed by atoms with Crippen LogP contribution in [0, 0.1) is 11.6 Å². The first-order chi connectivity index (χ1) is 9.92. The predicted octanol–water partition coefficient (Wildman–Crippen LogP) is 4.67. The summed E-state index contributed by atoms with van der Waals surface area (Å²) in [5.74, 6) is -0.895. The Labute approximate surface area is 134 Å². The number of rotatable bonds is 4. The van der Waals surface area contributed by atoms with E-state index in [0.717, 1.165) is 22.2 Å². The molecule has 0 radical (unpaired) electrons. The number of benzene rings is 2. The van der Waals surface area contributed by atoms with Crippen molar-refractivity contribution >= 4 is 27.5 Å². The van der Waals surface area contributed by atoms with Crippen molar-refractivity contribution in [3.05, 3.63) is 62.6 Å². The first kappa shape index (κ1) is 16.2. The van der Waals surface area contributed by atoms with Crippen LogP contribution in [0.3, 0.4) is 0 Å². The van der Waals surface area contributed by atoms with E-state index in [-0.39, 0.29) is 17.0 Å². The monoisotopic (exact) mass is 376 g/mol. The van der Waals surface area contributed by atoms with Crippen LogP contribution in [0.5, 0.6) is 5.75 Å². The number of hydrogen-bond acceptors (Lipinski definition) is 2. The number of aliphatic hydroxyl groups excluding tert-OH is 1. The highest BCUT2D eigenvalue weighted by molar-refractivity contribution is 9.10. The quantitative estimate of drug-likeness (QED) is 0.785. The van der Waals surface area contributed by atoms with Gasteiger partial charge in [-0.2, -0.15) is 0 Å². The van der Waals surface area contributed by atoms with Crippen LogP contribution in [-0.2, 0) is 6.42 Å². The summed E-state index contributed by atoms with van der Waals surface area (Å²) in [6.07, 6.45) is -1.09. The second-order valence-corrected chi connectivity index (χ2v) is 5.73. The Balaban J connectivity index is 2.30. The Hall–Kier alpha value is -1.17. The summed E-state index contributed by atoms with van der Waals surface area (Å²) in [6, 6.07) is 7.01. The van der Waals surface area contributed by atoms with E-state index >= 15 is 0 Å². The smallest absolute Gasteiger partial charge is 0.142 e. The lowest BCUT2D eigenvalue weighted by atomic mass is 10.0. The molecule has 0 aliphatic rings. The van der Waals surface area contributed by atoms with E-state index in [1.54, 1.807) is 18.2 Å². The third-order valence-electron chi connectivity index (χ3n) is 3.06. The molecule has 0 aliphatic carbocycles. The molecule has 0 saturated heterocycles. The third-order valence-corrected chi connectivity index (χ3v) is 4.13. The highest BCUT2D eigenvalue weighted by atomic mass is 79.9. The van der Waals surface area contributed by atoms with Gasteiger partial charge in [-0.05, 0) is 35.9 Å². The zero-order chi connectivity index (χ0) is 15.6. The van der Waals surface area contributed by atoms with Gasteiger partial charge in [0.2, 0.25) is 0 Å². The SMILES string of the molecule is COc1ccc(Br)c(CC(O)c2cc(F)c(Cl)cc2F)c1. The Morgan fingerprint density at radius 2 is 1.95 bits per heavy atom. The fourth-order valence-electron chi connectivity index (χ4n) is 1.95. The number of ether oxygens (including phenoxy) is 1. The maximum absolute atomic E-state index is 13.8. The third kappa shape index (κ3) is 3.73. The highest BCUT2D eigenvalue weighted by Crippen LogP contribution is 2.30. The van der Waals surface area contributed by atoms with E-state index in [1.165, 1.54) is 7.11 Å². The van der Waals surface area contributed by atoms with Crippen molar-refractivity contribution < 1.29 is 18.6 Å². The Kier molecular flexibility index (Phi) is 5.19. The van der Waals surface area contributed by atoms with Gasteiger partial charge in [0.05, 0.1) is 18.2 Å². The second-order valence-electron chi connectivity index (χ2n) is 4.47. The molecule has 0 bridgehead atoms. The van der Waals surface area contributed by atoms with Gasteiger partial charge in [-0.1, -0.05) is 27.5 Å². The van der Waals surface area contributed by atoms with Gasteiger partial charge in [0.25, 0.3) is 0 Å². The molecule has 0 fully saturated rings. The minimum atomic E-state index is -1.19. The fourth-order valence-corrected chi connectivity index (χ4v) is 2.50. The molecule has 0 saturated carbocycles. The van der Waals surface area contributed by atoms with Gasteiger partial charge < -0.3 is 9.84 Å². The van der Waals surface area contributed by atoms with Crippen molar-refractivity contribution in [2.75, 3.05) is 7.11 Å². The Bertz CT molecular complexity index is 664. The first-order valence-electron chi connectivity index (χ1n) is 6.07. The van der Waals surface area contributed by atoms with E-state index in [1.807, 2.05) is 0 Å². The summed E-state index contributed by atoms with van der Waals surface area (Å²) >= 11 is 8.84. The van der Waals surface area contributed by atoms with E-state index < -0.39 is 17.7 Å². The topological polar surface area (TPSA) is 29.5 Å². The highest BCUT2D eigenvalue weighted by Gasteiger charge is 2.18. The summed E-state index contributed by atoms with van der Waals surface area (Å²) in [4.78, 5) is 0. The lowest BCUT2D eigenvalue weighted by molar-refractivity contribution is 0.173. The van der Waals surface area contributed by atoms with Crippen molar-refractivity contribution in [1.82, 2.24) is 0 Å². The predicted molar refractivity (Wildman–Crippen MR) is 80.7 cm³/mol. The zero-order valence-corrected chi connectivity index (χ0v) is 13.4. The van der Waals surface area contributed by atoms with Crippen molar-refractivity contribution in [3.63, 3.8) is 0 Å². The maximum atomic E-state index is 13.8. The average molecular weight is 378 g/mol. The van der Waals surface area contributed by atoms with Crippen LogP contribution in [-0.4, -0.2) is 12.2 Å². The summed E-state index contributed by atoms with van der Waals surface area (Å²) < 4.78 is 33.0. The first-order valence-corrected chi connectivity index (χ1v) is 7.24. The summed E-state index contributed by atoms with van der Waals surface area (Å²) in [7, 11) is 1.53. The van der Waals surface area contributed by atoms with Gasteiger partial charge >= 0.3 is 0 Å². The molecule has 1 N–H and O–H groups in total. The van der Waals surface area contributed by atoms with Gasteiger partial charge in [-0.3, -0.25) is 0 Å². The largest absolute Gasteiger partial charge is 0.497 e. The molecular formula is C15H12BrClF2O2. The zero-order valence-electron chi connectivity index (χ0n) is 11.0. The molecule has 112 valence electrons. The van der Waals surface area contributed by atoms with E-state index in [0.29, 0.717) is 5.75 Å². The van der Waals surface area contributed by atoms with Gasteiger partial charge in [-0.15, -0.1) is 0 Å². The van der Waals surface area contributed by atoms with Gasteiger partial charge in [-0.25, -0.2) is 8.78 Å². The lowest BCUT2D eigenvalue weighted by Gasteiger charge is -2.14. The number of halogens is 4. The molecular weight excluding hydrogens is 366 g/mol. The van der Waals surface area contributed by atoms with Gasteiger partial charge in [0.1, 0.15) is 17.4 Å². The average Bonchev–Trinajstić information content (AvgIpc) is 2.45. The maximum Gasteiger partial charge on any atom is 0.142 e. The molecule has 2 nitrogen and oxygen atoms in total. The minimum absolute atomic E-state index is 0.107. The van der Waals surface area contributed by atoms with Crippen molar-refractivity contribution in [2.45, 2.75) is 12.5 Å². The molecule has 6 heteroatoms. The minimum Gasteiger partial charge on any atom is -0.497 e. The van der Waals surface area contributed by atoms with Crippen LogP contribution in [0.4, 0.5) is 8.78 Å². The standard InChI is InChI=1S/C15H12BrClF2O2/c1-21-9-2-3-11(16)8(4-9)5-15(20)10-6-14(19)12(17)7-13(10)18/h2-4,6-7,15,20H,5H2,1H3. The molecule has 2 aromatic carbocycles. The van der Waals surface area contributed by atoms with Gasteiger partial charge in [0, 0.05) is 16.5 Å². The van der Waals surface area contributed by atoms with Crippen LogP contribution in [0.15, 0.2) is 34.8 Å². The summed E-state index contributed by atoms with van der Waals surface area (Å²) in [6.45, 7) is 0. The number of hydrogen-bond donors (Lipinski definition) is 1. The van der Waals surface area contributed by atoms with Crippen LogP contribution < -0.4 is 4.74 Å². The fraction of sp³-hybridized carbons (Fsp3) is 0.200. The van der Waals surface area contributed by atoms with E-state index in [4.69, 9.17) is 16.3 Å². The molecule has 1 unspecified atom stereocenters. The van der Waals surface area contributed by atoms with Crippen molar-refractivity contribution in [2.24, 2.45) is 0 Å². The normalized spacial score (nSPS) is 12.3. The summed E-state index contributed by atoms with van der Waals surface area (Å²) in [5.41, 5.74) is 0.586. The Morgan fingerprint density at radius 3 is 2.62 bits per heavy atom.